The molecule has 2 aromatic carbocycles. The molecule has 2 aromatic rings. The molecule has 1 amide bonds. The number of anilines is 1. The number of carbonyl (C=O) groups excluding carboxylic acids is 1. The van der Waals surface area contributed by atoms with Crippen LogP contribution in [0.4, 0.5) is 5.69 Å². The van der Waals surface area contributed by atoms with E-state index in [9.17, 15) is 4.79 Å². The van der Waals surface area contributed by atoms with E-state index in [1.807, 2.05) is 0 Å². The quantitative estimate of drug-likeness (QED) is 0.599. The summed E-state index contributed by atoms with van der Waals surface area (Å²) >= 11 is 23.7. The topological polar surface area (TPSA) is 53.2 Å². The van der Waals surface area contributed by atoms with Crippen LogP contribution >= 0.6 is 47.0 Å². The predicted octanol–water partition coefficient (Wildman–Crippen LogP) is 5.08. The Hall–Kier alpha value is -1.79. The summed E-state index contributed by atoms with van der Waals surface area (Å²) < 4.78 is 0. The molecule has 0 saturated heterocycles. The molecular weight excluding hydrogens is 413 g/mol. The molecule has 1 aliphatic heterocycles. The van der Waals surface area contributed by atoms with E-state index in [1.165, 1.54) is 0 Å². The molecule has 8 heteroatoms. The fourth-order valence-corrected chi connectivity index (χ4v) is 3.69. The molecule has 0 aliphatic carbocycles. The van der Waals surface area contributed by atoms with Gasteiger partial charge in [0.05, 0.1) is 22.3 Å². The number of para-hydroxylation sites is 1. The number of rotatable bonds is 3. The summed E-state index contributed by atoms with van der Waals surface area (Å²) in [5, 5.41) is 10.7. The normalized spacial score (nSPS) is 16.8. The number of benzene rings is 2. The van der Waals surface area contributed by atoms with Crippen molar-refractivity contribution in [2.75, 3.05) is 5.32 Å². The van der Waals surface area contributed by atoms with Gasteiger partial charge in [0.1, 0.15) is 0 Å². The van der Waals surface area contributed by atoms with Crippen LogP contribution in [0.1, 0.15) is 18.5 Å². The van der Waals surface area contributed by atoms with E-state index in [0.717, 1.165) is 0 Å². The fourth-order valence-electron chi connectivity index (χ4n) is 2.72. The highest BCUT2D eigenvalue weighted by Gasteiger charge is 2.31. The molecule has 1 unspecified atom stereocenters. The van der Waals surface area contributed by atoms with Crippen LogP contribution in [0.25, 0.3) is 0 Å². The van der Waals surface area contributed by atoms with Crippen LogP contribution in [-0.4, -0.2) is 11.0 Å². The third kappa shape index (κ3) is 3.96. The smallest absolute Gasteiger partial charge is 0.255 e. The standard InChI is InChI=1S/C18H14Cl3N3OS/c1-9-15(17(25)23-14-5-3-2-4-12(14)20)16(24-18(26)22-9)11-7-6-10(19)8-13(11)21/h2-8,16H,1H3,(H,23,25)(H2,22,24,26). The first kappa shape index (κ1) is 19.0. The Bertz CT molecular complexity index is 930. The molecule has 0 bridgehead atoms. The van der Waals surface area contributed by atoms with E-state index in [0.29, 0.717) is 42.7 Å². The number of hydrogen-bond donors (Lipinski definition) is 3. The summed E-state index contributed by atoms with van der Waals surface area (Å²) in [5.41, 5.74) is 2.31. The highest BCUT2D eigenvalue weighted by atomic mass is 35.5. The minimum Gasteiger partial charge on any atom is -0.351 e. The summed E-state index contributed by atoms with van der Waals surface area (Å²) in [6.07, 6.45) is 0. The summed E-state index contributed by atoms with van der Waals surface area (Å²) in [6, 6.07) is 11.6. The van der Waals surface area contributed by atoms with Gasteiger partial charge in [0, 0.05) is 15.7 Å². The van der Waals surface area contributed by atoms with Crippen LogP contribution in [0.2, 0.25) is 15.1 Å². The average Bonchev–Trinajstić information content (AvgIpc) is 2.56. The summed E-state index contributed by atoms with van der Waals surface area (Å²) in [4.78, 5) is 13.0. The van der Waals surface area contributed by atoms with Crippen LogP contribution in [-0.2, 0) is 4.79 Å². The van der Waals surface area contributed by atoms with Gasteiger partial charge in [-0.25, -0.2) is 0 Å². The first-order valence-corrected chi connectivity index (χ1v) is 9.20. The molecule has 4 nitrogen and oxygen atoms in total. The van der Waals surface area contributed by atoms with Crippen LogP contribution in [0.3, 0.4) is 0 Å². The van der Waals surface area contributed by atoms with Crippen molar-refractivity contribution < 1.29 is 4.79 Å². The number of carbonyl (C=O) groups is 1. The minimum absolute atomic E-state index is 0.311. The molecular formula is C18H14Cl3N3OS. The van der Waals surface area contributed by atoms with E-state index in [4.69, 9.17) is 47.0 Å². The maximum absolute atomic E-state index is 13.0. The van der Waals surface area contributed by atoms with Crippen molar-refractivity contribution >= 4 is 63.7 Å². The monoisotopic (exact) mass is 425 g/mol. The van der Waals surface area contributed by atoms with E-state index in [2.05, 4.69) is 16.0 Å². The second-order valence-corrected chi connectivity index (χ2v) is 7.33. The maximum atomic E-state index is 13.0. The van der Waals surface area contributed by atoms with Crippen LogP contribution < -0.4 is 16.0 Å². The number of thiocarbonyl (C=S) groups is 1. The number of allylic oxidation sites excluding steroid dienone is 1. The van der Waals surface area contributed by atoms with Crippen molar-refractivity contribution in [3.05, 3.63) is 74.4 Å². The van der Waals surface area contributed by atoms with Crippen molar-refractivity contribution in [1.29, 1.82) is 0 Å². The lowest BCUT2D eigenvalue weighted by Gasteiger charge is -2.31. The lowest BCUT2D eigenvalue weighted by atomic mass is 9.95. The van der Waals surface area contributed by atoms with E-state index in [-0.39, 0.29) is 5.91 Å². The molecule has 0 spiro atoms. The molecule has 0 saturated carbocycles. The summed E-state index contributed by atoms with van der Waals surface area (Å²) in [6.45, 7) is 1.78. The van der Waals surface area contributed by atoms with Gasteiger partial charge in [0.2, 0.25) is 0 Å². The first-order chi connectivity index (χ1) is 12.4. The predicted molar refractivity (Wildman–Crippen MR) is 111 cm³/mol. The van der Waals surface area contributed by atoms with Gasteiger partial charge >= 0.3 is 0 Å². The Labute approximate surface area is 171 Å². The molecule has 134 valence electrons. The van der Waals surface area contributed by atoms with E-state index in [1.54, 1.807) is 49.4 Å². The van der Waals surface area contributed by atoms with Gasteiger partial charge in [-0.05, 0) is 49.0 Å². The van der Waals surface area contributed by atoms with Gasteiger partial charge in [0.15, 0.2) is 5.11 Å². The molecule has 0 radical (unpaired) electrons. The highest BCUT2D eigenvalue weighted by molar-refractivity contribution is 7.80. The molecule has 1 aliphatic rings. The Morgan fingerprint density at radius 3 is 2.54 bits per heavy atom. The van der Waals surface area contributed by atoms with Crippen LogP contribution in [0.15, 0.2) is 53.7 Å². The SMILES string of the molecule is CC1=C(C(=O)Nc2ccccc2Cl)C(c2ccc(Cl)cc2Cl)NC(=S)N1. The Balaban J connectivity index is 2.00. The fraction of sp³-hybridized carbons (Fsp3) is 0.111. The lowest BCUT2D eigenvalue weighted by Crippen LogP contribution is -2.45. The van der Waals surface area contributed by atoms with Gasteiger partial charge in [0.25, 0.3) is 5.91 Å². The van der Waals surface area contributed by atoms with Crippen LogP contribution in [0.5, 0.6) is 0 Å². The van der Waals surface area contributed by atoms with Gasteiger partial charge in [-0.3, -0.25) is 4.79 Å². The zero-order valence-electron chi connectivity index (χ0n) is 13.6. The second-order valence-electron chi connectivity index (χ2n) is 5.67. The first-order valence-electron chi connectivity index (χ1n) is 7.66. The van der Waals surface area contributed by atoms with E-state index >= 15 is 0 Å². The average molecular weight is 427 g/mol. The summed E-state index contributed by atoms with van der Waals surface area (Å²) in [7, 11) is 0. The minimum atomic E-state index is -0.518. The Morgan fingerprint density at radius 2 is 1.85 bits per heavy atom. The zero-order chi connectivity index (χ0) is 18.8. The third-order valence-electron chi connectivity index (χ3n) is 3.91. The number of hydrogen-bond acceptors (Lipinski definition) is 2. The van der Waals surface area contributed by atoms with Crippen LogP contribution in [0, 0.1) is 0 Å². The molecule has 1 atom stereocenters. The number of amides is 1. The molecule has 0 aromatic heterocycles. The highest BCUT2D eigenvalue weighted by Crippen LogP contribution is 2.34. The largest absolute Gasteiger partial charge is 0.351 e. The van der Waals surface area contributed by atoms with Crippen molar-refractivity contribution in [2.24, 2.45) is 0 Å². The molecule has 1 heterocycles. The number of nitrogens with one attached hydrogen (secondary N) is 3. The summed E-state index contributed by atoms with van der Waals surface area (Å²) in [5.74, 6) is -0.311. The lowest BCUT2D eigenvalue weighted by molar-refractivity contribution is -0.113. The van der Waals surface area contributed by atoms with Gasteiger partial charge in [-0.1, -0.05) is 53.0 Å². The Morgan fingerprint density at radius 1 is 1.12 bits per heavy atom. The van der Waals surface area contributed by atoms with Crippen molar-refractivity contribution in [2.45, 2.75) is 13.0 Å². The van der Waals surface area contributed by atoms with Gasteiger partial charge < -0.3 is 16.0 Å². The number of halogens is 3. The molecule has 3 N–H and O–H groups in total. The third-order valence-corrected chi connectivity index (χ3v) is 5.02. The van der Waals surface area contributed by atoms with Crippen molar-refractivity contribution in [3.63, 3.8) is 0 Å². The molecule has 26 heavy (non-hydrogen) atoms. The van der Waals surface area contributed by atoms with Gasteiger partial charge in [-0.2, -0.15) is 0 Å². The molecule has 3 rings (SSSR count). The maximum Gasteiger partial charge on any atom is 0.255 e. The van der Waals surface area contributed by atoms with E-state index < -0.39 is 6.04 Å². The second kappa shape index (κ2) is 7.84. The van der Waals surface area contributed by atoms with Crippen molar-refractivity contribution in [1.82, 2.24) is 10.6 Å². The molecule has 0 fully saturated rings. The van der Waals surface area contributed by atoms with Crippen molar-refractivity contribution in [3.8, 4) is 0 Å². The van der Waals surface area contributed by atoms with Gasteiger partial charge in [-0.15, -0.1) is 0 Å². The zero-order valence-corrected chi connectivity index (χ0v) is 16.7. The Kier molecular flexibility index (Phi) is 5.73.